The summed E-state index contributed by atoms with van der Waals surface area (Å²) in [6.07, 6.45) is 2.90. The fraction of sp³-hybridized carbons (Fsp3) is 0.318. The number of aliphatic imine (C=N–C) groups is 1. The maximum atomic E-state index is 12.2. The predicted molar refractivity (Wildman–Crippen MR) is 121 cm³/mol. The molecule has 2 heterocycles. The maximum absolute atomic E-state index is 12.2. The molecule has 1 aliphatic heterocycles. The van der Waals surface area contributed by atoms with E-state index in [1.807, 2.05) is 23.2 Å². The zero-order chi connectivity index (χ0) is 21.2. The second-order valence-corrected chi connectivity index (χ2v) is 8.90. The number of aromatic amines is 1. The summed E-state index contributed by atoms with van der Waals surface area (Å²) in [7, 11) is 0. The normalized spacial score (nSPS) is 19.8. The minimum atomic E-state index is 0.0138. The SMILES string of the molecule is CCC1NN(Cc2ccc(-c3ccccc3-c3nnn[nH]3)cc2)C(=NC(=O)C2CC2)S1. The Hall–Kier alpha value is -3.04. The van der Waals surface area contributed by atoms with Crippen LogP contribution in [0.25, 0.3) is 22.5 Å². The Bertz CT molecular complexity index is 1090. The Morgan fingerprint density at radius 1 is 1.16 bits per heavy atom. The first-order valence-electron chi connectivity index (χ1n) is 10.5. The molecule has 5 rings (SSSR count). The van der Waals surface area contributed by atoms with Crippen molar-refractivity contribution >= 4 is 22.8 Å². The van der Waals surface area contributed by atoms with Gasteiger partial charge in [-0.1, -0.05) is 67.2 Å². The van der Waals surface area contributed by atoms with Crippen molar-refractivity contribution in [3.05, 3.63) is 54.1 Å². The van der Waals surface area contributed by atoms with Gasteiger partial charge in [-0.15, -0.1) is 5.10 Å². The van der Waals surface area contributed by atoms with E-state index in [0.717, 1.165) is 46.7 Å². The molecule has 1 atom stereocenters. The molecule has 0 radical (unpaired) electrons. The number of hydrogen-bond donors (Lipinski definition) is 2. The van der Waals surface area contributed by atoms with Gasteiger partial charge < -0.3 is 0 Å². The molecule has 1 saturated heterocycles. The Morgan fingerprint density at radius 2 is 1.94 bits per heavy atom. The van der Waals surface area contributed by atoms with Crippen molar-refractivity contribution in [3.63, 3.8) is 0 Å². The summed E-state index contributed by atoms with van der Waals surface area (Å²) in [6, 6.07) is 16.5. The summed E-state index contributed by atoms with van der Waals surface area (Å²) in [5.41, 5.74) is 7.71. The summed E-state index contributed by atoms with van der Waals surface area (Å²) in [5, 5.41) is 17.3. The third kappa shape index (κ3) is 4.38. The van der Waals surface area contributed by atoms with Gasteiger partial charge in [0.05, 0.1) is 11.9 Å². The fourth-order valence-electron chi connectivity index (χ4n) is 3.52. The van der Waals surface area contributed by atoms with Gasteiger partial charge in [-0.3, -0.25) is 9.80 Å². The van der Waals surface area contributed by atoms with E-state index in [1.165, 1.54) is 0 Å². The second-order valence-electron chi connectivity index (χ2n) is 7.73. The van der Waals surface area contributed by atoms with Crippen LogP contribution < -0.4 is 5.43 Å². The minimum Gasteiger partial charge on any atom is -0.281 e. The van der Waals surface area contributed by atoms with Gasteiger partial charge in [0.25, 0.3) is 5.91 Å². The summed E-state index contributed by atoms with van der Waals surface area (Å²) in [5.74, 6) is 0.791. The van der Waals surface area contributed by atoms with Crippen LogP contribution in [0, 0.1) is 5.92 Å². The molecule has 1 aromatic heterocycles. The molecule has 1 amide bonds. The molecule has 2 aromatic carbocycles. The average molecular weight is 434 g/mol. The van der Waals surface area contributed by atoms with Gasteiger partial charge in [-0.2, -0.15) is 4.99 Å². The van der Waals surface area contributed by atoms with Crippen molar-refractivity contribution in [1.82, 2.24) is 31.1 Å². The van der Waals surface area contributed by atoms with Crippen LogP contribution in [-0.4, -0.2) is 42.1 Å². The lowest BCUT2D eigenvalue weighted by atomic mass is 9.98. The van der Waals surface area contributed by atoms with Crippen LogP contribution in [0.2, 0.25) is 0 Å². The van der Waals surface area contributed by atoms with E-state index in [4.69, 9.17) is 0 Å². The molecule has 1 saturated carbocycles. The van der Waals surface area contributed by atoms with Crippen molar-refractivity contribution in [2.24, 2.45) is 10.9 Å². The van der Waals surface area contributed by atoms with E-state index in [-0.39, 0.29) is 17.2 Å². The van der Waals surface area contributed by atoms with Crippen LogP contribution in [-0.2, 0) is 11.3 Å². The third-order valence-electron chi connectivity index (χ3n) is 5.41. The topological polar surface area (TPSA) is 99.2 Å². The molecule has 1 unspecified atom stereocenters. The highest BCUT2D eigenvalue weighted by atomic mass is 32.2. The van der Waals surface area contributed by atoms with Gasteiger partial charge in [0.2, 0.25) is 0 Å². The molecule has 8 nitrogen and oxygen atoms in total. The number of carbonyl (C=O) groups is 1. The highest BCUT2D eigenvalue weighted by Crippen LogP contribution is 2.33. The fourth-order valence-corrected chi connectivity index (χ4v) is 4.51. The number of nitrogens with zero attached hydrogens (tertiary/aromatic N) is 5. The molecule has 31 heavy (non-hydrogen) atoms. The molecule has 158 valence electrons. The largest absolute Gasteiger partial charge is 0.281 e. The van der Waals surface area contributed by atoms with E-state index < -0.39 is 0 Å². The Morgan fingerprint density at radius 3 is 2.61 bits per heavy atom. The number of hydrazine groups is 1. The lowest BCUT2D eigenvalue weighted by molar-refractivity contribution is -0.118. The van der Waals surface area contributed by atoms with Crippen molar-refractivity contribution in [3.8, 4) is 22.5 Å². The summed E-state index contributed by atoms with van der Waals surface area (Å²) < 4.78 is 0. The number of nitrogens with one attached hydrogen (secondary N) is 2. The van der Waals surface area contributed by atoms with Crippen molar-refractivity contribution in [2.75, 3.05) is 0 Å². The van der Waals surface area contributed by atoms with E-state index in [2.05, 4.69) is 68.3 Å². The van der Waals surface area contributed by atoms with E-state index in [1.54, 1.807) is 11.8 Å². The van der Waals surface area contributed by atoms with Gasteiger partial charge in [0, 0.05) is 11.5 Å². The van der Waals surface area contributed by atoms with Gasteiger partial charge in [-0.05, 0) is 46.4 Å². The van der Waals surface area contributed by atoms with Crippen LogP contribution in [0.1, 0.15) is 31.7 Å². The molecular weight excluding hydrogens is 410 g/mol. The first-order chi connectivity index (χ1) is 15.2. The number of amides is 1. The number of amidine groups is 1. The average Bonchev–Trinajstić information content (AvgIpc) is 3.38. The van der Waals surface area contributed by atoms with Crippen molar-refractivity contribution in [1.29, 1.82) is 0 Å². The molecular formula is C22H23N7OS. The number of benzene rings is 2. The van der Waals surface area contributed by atoms with E-state index >= 15 is 0 Å². The Kier molecular flexibility index (Phi) is 5.52. The predicted octanol–water partition coefficient (Wildman–Crippen LogP) is 3.62. The molecule has 2 fully saturated rings. The Balaban J connectivity index is 1.35. The minimum absolute atomic E-state index is 0.0138. The van der Waals surface area contributed by atoms with Gasteiger partial charge >= 0.3 is 0 Å². The number of aromatic nitrogens is 4. The molecule has 3 aromatic rings. The number of hydrogen-bond acceptors (Lipinski definition) is 6. The number of H-pyrrole nitrogens is 1. The Labute approximate surface area is 184 Å². The van der Waals surface area contributed by atoms with E-state index in [9.17, 15) is 4.79 Å². The maximum Gasteiger partial charge on any atom is 0.251 e. The molecule has 0 spiro atoms. The van der Waals surface area contributed by atoms with Crippen LogP contribution in [0.15, 0.2) is 53.5 Å². The molecule has 0 bridgehead atoms. The monoisotopic (exact) mass is 433 g/mol. The molecule has 9 heteroatoms. The number of rotatable bonds is 6. The number of thioether (sulfide) groups is 1. The summed E-state index contributed by atoms with van der Waals surface area (Å²) in [6.45, 7) is 2.78. The van der Waals surface area contributed by atoms with Crippen LogP contribution in [0.3, 0.4) is 0 Å². The lowest BCUT2D eigenvalue weighted by Crippen LogP contribution is -2.37. The van der Waals surface area contributed by atoms with Crippen LogP contribution >= 0.6 is 11.8 Å². The molecule has 1 aliphatic carbocycles. The second kappa shape index (κ2) is 8.60. The van der Waals surface area contributed by atoms with Gasteiger partial charge in [0.15, 0.2) is 11.0 Å². The van der Waals surface area contributed by atoms with Crippen molar-refractivity contribution in [2.45, 2.75) is 38.1 Å². The lowest BCUT2D eigenvalue weighted by Gasteiger charge is -2.19. The van der Waals surface area contributed by atoms with Crippen LogP contribution in [0.5, 0.6) is 0 Å². The summed E-state index contributed by atoms with van der Waals surface area (Å²) in [4.78, 5) is 16.6. The zero-order valence-corrected chi connectivity index (χ0v) is 18.0. The number of carbonyl (C=O) groups excluding carboxylic acids is 1. The highest BCUT2D eigenvalue weighted by Gasteiger charge is 2.33. The third-order valence-corrected chi connectivity index (χ3v) is 6.66. The number of tetrazole rings is 1. The zero-order valence-electron chi connectivity index (χ0n) is 17.2. The first kappa shape index (κ1) is 19.9. The molecule has 2 aliphatic rings. The highest BCUT2D eigenvalue weighted by molar-refractivity contribution is 8.14. The van der Waals surface area contributed by atoms with Crippen molar-refractivity contribution < 1.29 is 4.79 Å². The first-order valence-corrected chi connectivity index (χ1v) is 11.3. The molecule has 2 N–H and O–H groups in total. The summed E-state index contributed by atoms with van der Waals surface area (Å²) >= 11 is 1.63. The van der Waals surface area contributed by atoms with E-state index in [0.29, 0.717) is 12.4 Å². The quantitative estimate of drug-likeness (QED) is 0.612. The standard InChI is InChI=1S/C22H23N7OS/c1-2-19-26-29(22(31-19)23-21(30)16-11-12-16)13-14-7-9-15(10-8-14)17-5-3-4-6-18(17)20-24-27-28-25-20/h3-10,16,19,26H,2,11-13H2,1H3,(H,24,25,27,28). The smallest absolute Gasteiger partial charge is 0.251 e. The van der Waals surface area contributed by atoms with Crippen LogP contribution in [0.4, 0.5) is 0 Å². The van der Waals surface area contributed by atoms with Gasteiger partial charge in [0.1, 0.15) is 0 Å². The van der Waals surface area contributed by atoms with Gasteiger partial charge in [-0.25, -0.2) is 10.5 Å².